The van der Waals surface area contributed by atoms with E-state index < -0.39 is 0 Å². The molecule has 3 rings (SSSR count). The van der Waals surface area contributed by atoms with E-state index in [1.807, 2.05) is 24.3 Å². The minimum Gasteiger partial charge on any atom is -0.354 e. The van der Waals surface area contributed by atoms with Crippen molar-refractivity contribution in [1.29, 1.82) is 0 Å². The van der Waals surface area contributed by atoms with E-state index in [0.717, 1.165) is 16.4 Å². The number of rotatable bonds is 0. The van der Waals surface area contributed by atoms with Crippen molar-refractivity contribution in [3.63, 3.8) is 0 Å². The molecule has 0 aromatic heterocycles. The topological polar surface area (TPSA) is 12.0 Å². The second-order valence-corrected chi connectivity index (χ2v) is 4.67. The molecule has 1 aliphatic rings. The van der Waals surface area contributed by atoms with Gasteiger partial charge in [-0.3, -0.25) is 0 Å². The molecule has 84 valence electrons. The van der Waals surface area contributed by atoms with Gasteiger partial charge in [-0.05, 0) is 42.3 Å². The molecule has 2 aromatic rings. The minimum atomic E-state index is 0.752. The lowest BCUT2D eigenvalue weighted by molar-refractivity contribution is 1.52. The predicted molar refractivity (Wildman–Crippen MR) is 74.7 cm³/mol. The van der Waals surface area contributed by atoms with Crippen LogP contribution < -0.4 is 5.32 Å². The van der Waals surface area contributed by atoms with Gasteiger partial charge in [0.05, 0.1) is 0 Å². The van der Waals surface area contributed by atoms with E-state index in [0.29, 0.717) is 0 Å². The van der Waals surface area contributed by atoms with E-state index in [4.69, 9.17) is 11.6 Å². The average Bonchev–Trinajstić information content (AvgIpc) is 2.46. The van der Waals surface area contributed by atoms with Gasteiger partial charge in [0.25, 0.3) is 0 Å². The Labute approximate surface area is 106 Å². The van der Waals surface area contributed by atoms with Crippen molar-refractivity contribution in [2.24, 2.45) is 0 Å². The summed E-state index contributed by atoms with van der Waals surface area (Å²) in [5, 5.41) is 4.19. The van der Waals surface area contributed by atoms with Crippen LogP contribution in [-0.2, 0) is 0 Å². The van der Waals surface area contributed by atoms with Crippen molar-refractivity contribution >= 4 is 34.6 Å². The molecule has 0 amide bonds. The zero-order chi connectivity index (χ0) is 11.8. The molecular weight excluding hydrogens is 230 g/mol. The number of allylic oxidation sites excluding steroid dienone is 1. The molecule has 1 heterocycles. The van der Waals surface area contributed by atoms with E-state index in [2.05, 4.69) is 36.5 Å². The van der Waals surface area contributed by atoms with Crippen LogP contribution in [0.2, 0.25) is 5.02 Å². The number of hydrogen-bond acceptors (Lipinski definition) is 1. The Morgan fingerprint density at radius 2 is 1.82 bits per heavy atom. The summed E-state index contributed by atoms with van der Waals surface area (Å²) in [5.41, 5.74) is 5.85. The third-order valence-electron chi connectivity index (χ3n) is 3.01. The normalized spacial score (nSPS) is 12.9. The van der Waals surface area contributed by atoms with E-state index in [1.165, 1.54) is 16.7 Å². The highest BCUT2D eigenvalue weighted by Gasteiger charge is 2.11. The molecule has 0 atom stereocenters. The van der Waals surface area contributed by atoms with E-state index >= 15 is 0 Å². The maximum Gasteiger partial charge on any atom is 0.0473 e. The molecule has 0 unspecified atom stereocenters. The molecule has 0 radical (unpaired) electrons. The Bertz CT molecular complexity index is 614. The highest BCUT2D eigenvalue weighted by atomic mass is 35.5. The SMILES string of the molecule is CC1=Cc2ccc(Cl)cc2Nc2ccccc21. The third-order valence-corrected chi connectivity index (χ3v) is 3.24. The summed E-state index contributed by atoms with van der Waals surface area (Å²) in [6.45, 7) is 2.13. The van der Waals surface area contributed by atoms with Gasteiger partial charge in [-0.15, -0.1) is 0 Å². The first-order chi connectivity index (χ1) is 8.24. The standard InChI is InChI=1S/C15H12ClN/c1-10-8-11-6-7-12(16)9-15(11)17-14-5-3-2-4-13(10)14/h2-9,17H,1H3. The molecule has 0 saturated carbocycles. The van der Waals surface area contributed by atoms with Crippen LogP contribution in [0.15, 0.2) is 42.5 Å². The van der Waals surface area contributed by atoms with Gasteiger partial charge in [0.2, 0.25) is 0 Å². The Balaban J connectivity index is 2.24. The summed E-state index contributed by atoms with van der Waals surface area (Å²) < 4.78 is 0. The zero-order valence-electron chi connectivity index (χ0n) is 9.50. The number of benzene rings is 2. The Hall–Kier alpha value is -1.73. The Morgan fingerprint density at radius 3 is 2.71 bits per heavy atom. The monoisotopic (exact) mass is 241 g/mol. The molecule has 0 fully saturated rings. The predicted octanol–water partition coefficient (Wildman–Crippen LogP) is 4.96. The molecule has 2 heteroatoms. The largest absolute Gasteiger partial charge is 0.354 e. The number of para-hydroxylation sites is 1. The fourth-order valence-electron chi connectivity index (χ4n) is 2.15. The van der Waals surface area contributed by atoms with Crippen LogP contribution in [0, 0.1) is 0 Å². The lowest BCUT2D eigenvalue weighted by atomic mass is 10.0. The third kappa shape index (κ3) is 1.83. The number of anilines is 2. The van der Waals surface area contributed by atoms with Gasteiger partial charge in [-0.25, -0.2) is 0 Å². The maximum atomic E-state index is 6.03. The fraction of sp³-hybridized carbons (Fsp3) is 0.0667. The van der Waals surface area contributed by atoms with Crippen molar-refractivity contribution in [3.05, 3.63) is 58.6 Å². The lowest BCUT2D eigenvalue weighted by Gasteiger charge is -2.10. The van der Waals surface area contributed by atoms with E-state index in [9.17, 15) is 0 Å². The highest BCUT2D eigenvalue weighted by molar-refractivity contribution is 6.31. The van der Waals surface area contributed by atoms with Crippen LogP contribution in [0.1, 0.15) is 18.1 Å². The van der Waals surface area contributed by atoms with Gasteiger partial charge >= 0.3 is 0 Å². The van der Waals surface area contributed by atoms with Crippen molar-refractivity contribution < 1.29 is 0 Å². The molecular formula is C15H12ClN. The molecule has 1 N–H and O–H groups in total. The first-order valence-electron chi connectivity index (χ1n) is 5.58. The molecule has 1 aliphatic heterocycles. The van der Waals surface area contributed by atoms with Gasteiger partial charge in [0.15, 0.2) is 0 Å². The number of halogens is 1. The molecule has 17 heavy (non-hydrogen) atoms. The van der Waals surface area contributed by atoms with E-state index in [-0.39, 0.29) is 0 Å². The van der Waals surface area contributed by atoms with Crippen LogP contribution in [0.5, 0.6) is 0 Å². The summed E-state index contributed by atoms with van der Waals surface area (Å²) in [6, 6.07) is 14.2. The average molecular weight is 242 g/mol. The fourth-order valence-corrected chi connectivity index (χ4v) is 2.33. The Morgan fingerprint density at radius 1 is 1.00 bits per heavy atom. The van der Waals surface area contributed by atoms with Crippen LogP contribution in [0.4, 0.5) is 11.4 Å². The van der Waals surface area contributed by atoms with E-state index in [1.54, 1.807) is 0 Å². The second-order valence-electron chi connectivity index (χ2n) is 4.23. The lowest BCUT2D eigenvalue weighted by Crippen LogP contribution is -1.93. The summed E-state index contributed by atoms with van der Waals surface area (Å²) in [6.07, 6.45) is 2.19. The molecule has 0 saturated heterocycles. The van der Waals surface area contributed by atoms with Crippen LogP contribution in [0.3, 0.4) is 0 Å². The van der Waals surface area contributed by atoms with Gasteiger partial charge in [0, 0.05) is 22.0 Å². The highest BCUT2D eigenvalue weighted by Crippen LogP contribution is 2.35. The summed E-state index contributed by atoms with van der Waals surface area (Å²) in [7, 11) is 0. The van der Waals surface area contributed by atoms with Crippen molar-refractivity contribution in [1.82, 2.24) is 0 Å². The minimum absolute atomic E-state index is 0.752. The van der Waals surface area contributed by atoms with Gasteiger partial charge in [0.1, 0.15) is 0 Å². The smallest absolute Gasteiger partial charge is 0.0473 e. The number of nitrogens with one attached hydrogen (secondary N) is 1. The van der Waals surface area contributed by atoms with Crippen molar-refractivity contribution in [2.75, 3.05) is 5.32 Å². The number of hydrogen-bond donors (Lipinski definition) is 1. The van der Waals surface area contributed by atoms with Gasteiger partial charge in [-0.1, -0.05) is 35.9 Å². The first kappa shape index (κ1) is 10.4. The second kappa shape index (κ2) is 3.94. The molecule has 1 nitrogen and oxygen atoms in total. The first-order valence-corrected chi connectivity index (χ1v) is 5.96. The molecule has 0 spiro atoms. The summed E-state index contributed by atoms with van der Waals surface area (Å²) >= 11 is 6.03. The molecule has 2 aromatic carbocycles. The van der Waals surface area contributed by atoms with Crippen molar-refractivity contribution in [3.8, 4) is 0 Å². The summed E-state index contributed by atoms with van der Waals surface area (Å²) in [5.74, 6) is 0. The van der Waals surface area contributed by atoms with Crippen molar-refractivity contribution in [2.45, 2.75) is 6.92 Å². The van der Waals surface area contributed by atoms with Crippen LogP contribution in [0.25, 0.3) is 11.6 Å². The quantitative estimate of drug-likeness (QED) is 0.688. The maximum absolute atomic E-state index is 6.03. The molecule has 0 aliphatic carbocycles. The number of fused-ring (bicyclic) bond motifs is 2. The zero-order valence-corrected chi connectivity index (χ0v) is 10.3. The van der Waals surface area contributed by atoms with Crippen LogP contribution in [-0.4, -0.2) is 0 Å². The van der Waals surface area contributed by atoms with Gasteiger partial charge in [-0.2, -0.15) is 0 Å². The molecule has 0 bridgehead atoms. The van der Waals surface area contributed by atoms with Crippen LogP contribution >= 0.6 is 11.6 Å². The Kier molecular flexibility index (Phi) is 2.41. The van der Waals surface area contributed by atoms with Gasteiger partial charge < -0.3 is 5.32 Å². The summed E-state index contributed by atoms with van der Waals surface area (Å²) in [4.78, 5) is 0.